The number of carbonyl (C=O) groups is 1. The Balaban J connectivity index is 1.77. The molecule has 0 bridgehead atoms. The number of amides is 1. The molecule has 2 rings (SSSR count). The normalized spacial score (nSPS) is 21.4. The molecule has 1 aliphatic heterocycles. The number of nitrogens with one attached hydrogen (secondary N) is 2. The van der Waals surface area contributed by atoms with Gasteiger partial charge in [-0.1, -0.05) is 0 Å². The second-order valence-electron chi connectivity index (χ2n) is 7.10. The lowest BCUT2D eigenvalue weighted by atomic mass is 9.93. The van der Waals surface area contributed by atoms with E-state index >= 15 is 0 Å². The van der Waals surface area contributed by atoms with Crippen LogP contribution in [0.2, 0.25) is 0 Å². The van der Waals surface area contributed by atoms with Crippen molar-refractivity contribution in [2.24, 2.45) is 16.8 Å². The van der Waals surface area contributed by atoms with Crippen LogP contribution >= 0.6 is 0 Å². The number of piperidine rings is 1. The van der Waals surface area contributed by atoms with Gasteiger partial charge in [0.2, 0.25) is 5.91 Å². The second kappa shape index (κ2) is 8.52. The van der Waals surface area contributed by atoms with E-state index in [4.69, 9.17) is 0 Å². The molecule has 1 aliphatic carbocycles. The highest BCUT2D eigenvalue weighted by atomic mass is 16.1. The number of carbonyl (C=O) groups excluding carboxylic acids is 1. The van der Waals surface area contributed by atoms with E-state index in [2.05, 4.69) is 39.5 Å². The highest BCUT2D eigenvalue weighted by molar-refractivity contribution is 5.80. The number of rotatable bonds is 6. The summed E-state index contributed by atoms with van der Waals surface area (Å²) in [4.78, 5) is 20.6. The lowest BCUT2D eigenvalue weighted by Crippen LogP contribution is -2.50. The lowest BCUT2D eigenvalue weighted by molar-refractivity contribution is -0.121. The van der Waals surface area contributed by atoms with Crippen LogP contribution in [-0.4, -0.2) is 75.5 Å². The molecule has 1 amide bonds. The van der Waals surface area contributed by atoms with Gasteiger partial charge in [0, 0.05) is 46.2 Å². The first-order valence-electron chi connectivity index (χ1n) is 8.87. The van der Waals surface area contributed by atoms with Gasteiger partial charge in [0.15, 0.2) is 5.96 Å². The summed E-state index contributed by atoms with van der Waals surface area (Å²) < 4.78 is 0. The van der Waals surface area contributed by atoms with Gasteiger partial charge in [-0.25, -0.2) is 0 Å². The molecule has 2 aliphatic rings. The first-order chi connectivity index (χ1) is 11.0. The van der Waals surface area contributed by atoms with E-state index in [0.29, 0.717) is 18.4 Å². The Morgan fingerprint density at radius 1 is 1.26 bits per heavy atom. The van der Waals surface area contributed by atoms with Crippen molar-refractivity contribution in [3.8, 4) is 0 Å². The third-order valence-corrected chi connectivity index (χ3v) is 5.18. The van der Waals surface area contributed by atoms with Crippen molar-refractivity contribution in [3.63, 3.8) is 0 Å². The number of hydrogen-bond acceptors (Lipinski definition) is 3. The van der Waals surface area contributed by atoms with E-state index in [1.165, 1.54) is 12.8 Å². The van der Waals surface area contributed by atoms with E-state index in [-0.39, 0.29) is 5.91 Å². The molecule has 0 spiro atoms. The van der Waals surface area contributed by atoms with Crippen LogP contribution < -0.4 is 10.6 Å². The predicted octanol–water partition coefficient (Wildman–Crippen LogP) is 0.750. The average Bonchev–Trinajstić information content (AvgIpc) is 3.37. The van der Waals surface area contributed by atoms with Gasteiger partial charge in [0.1, 0.15) is 0 Å². The largest absolute Gasteiger partial charge is 0.359 e. The van der Waals surface area contributed by atoms with Crippen molar-refractivity contribution in [2.75, 3.05) is 47.8 Å². The van der Waals surface area contributed by atoms with Crippen LogP contribution in [0.1, 0.15) is 32.1 Å². The molecule has 0 aromatic rings. The number of likely N-dealkylation sites (N-methyl/N-ethyl adjacent to an activating group) is 1. The topological polar surface area (TPSA) is 60.0 Å². The average molecular weight is 323 g/mol. The fourth-order valence-electron chi connectivity index (χ4n) is 3.49. The van der Waals surface area contributed by atoms with Crippen molar-refractivity contribution < 1.29 is 4.79 Å². The fraction of sp³-hybridized carbons (Fsp3) is 0.882. The van der Waals surface area contributed by atoms with Crippen LogP contribution in [0.25, 0.3) is 0 Å². The molecule has 1 atom stereocenters. The maximum Gasteiger partial charge on any atom is 0.220 e. The van der Waals surface area contributed by atoms with Crippen LogP contribution in [0.3, 0.4) is 0 Å². The Labute approximate surface area is 140 Å². The number of nitrogens with zero attached hydrogens (tertiary/aromatic N) is 3. The van der Waals surface area contributed by atoms with Gasteiger partial charge in [0.05, 0.1) is 0 Å². The quantitative estimate of drug-likeness (QED) is 0.559. The number of hydrogen-bond donors (Lipinski definition) is 2. The van der Waals surface area contributed by atoms with Crippen molar-refractivity contribution in [1.29, 1.82) is 0 Å². The maximum absolute atomic E-state index is 11.5. The Hall–Kier alpha value is -1.30. The number of likely N-dealkylation sites (tertiary alicyclic amines) is 1. The van der Waals surface area contributed by atoms with Gasteiger partial charge in [-0.3, -0.25) is 9.79 Å². The van der Waals surface area contributed by atoms with Crippen LogP contribution in [0.5, 0.6) is 0 Å². The predicted molar refractivity (Wildman–Crippen MR) is 94.5 cm³/mol. The number of aliphatic imine (C=N–C) groups is 1. The van der Waals surface area contributed by atoms with Gasteiger partial charge in [-0.15, -0.1) is 0 Å². The summed E-state index contributed by atoms with van der Waals surface area (Å²) in [5.74, 6) is 2.51. The van der Waals surface area contributed by atoms with Crippen LogP contribution in [0.4, 0.5) is 0 Å². The van der Waals surface area contributed by atoms with Crippen molar-refractivity contribution in [2.45, 2.75) is 38.1 Å². The Bertz CT molecular complexity index is 409. The molecule has 1 saturated carbocycles. The van der Waals surface area contributed by atoms with Crippen LogP contribution in [-0.2, 0) is 4.79 Å². The molecule has 0 aromatic heterocycles. The van der Waals surface area contributed by atoms with Crippen molar-refractivity contribution >= 4 is 11.9 Å². The zero-order valence-electron chi connectivity index (χ0n) is 15.1. The van der Waals surface area contributed by atoms with E-state index in [0.717, 1.165) is 44.4 Å². The Kier molecular flexibility index (Phi) is 6.69. The molecule has 6 heteroatoms. The number of guanidine groups is 1. The second-order valence-corrected chi connectivity index (χ2v) is 7.10. The smallest absolute Gasteiger partial charge is 0.220 e. The van der Waals surface area contributed by atoms with Gasteiger partial charge >= 0.3 is 0 Å². The molecule has 132 valence electrons. The summed E-state index contributed by atoms with van der Waals surface area (Å²) in [6.07, 6.45) is 5.49. The summed E-state index contributed by atoms with van der Waals surface area (Å²) >= 11 is 0. The molecular weight excluding hydrogens is 290 g/mol. The molecule has 2 N–H and O–H groups in total. The molecule has 23 heavy (non-hydrogen) atoms. The third kappa shape index (κ3) is 5.37. The first kappa shape index (κ1) is 18.0. The summed E-state index contributed by atoms with van der Waals surface area (Å²) in [5, 5.41) is 6.29. The molecule has 1 saturated heterocycles. The summed E-state index contributed by atoms with van der Waals surface area (Å²) in [7, 11) is 7.90. The zero-order chi connectivity index (χ0) is 16.8. The molecule has 1 heterocycles. The molecule has 1 unspecified atom stereocenters. The Morgan fingerprint density at radius 2 is 1.91 bits per heavy atom. The third-order valence-electron chi connectivity index (χ3n) is 5.18. The highest BCUT2D eigenvalue weighted by Gasteiger charge is 2.33. The Morgan fingerprint density at radius 3 is 2.39 bits per heavy atom. The summed E-state index contributed by atoms with van der Waals surface area (Å²) in [6, 6.07) is 0.595. The van der Waals surface area contributed by atoms with E-state index in [1.807, 2.05) is 7.05 Å². The van der Waals surface area contributed by atoms with Gasteiger partial charge in [0.25, 0.3) is 0 Å². The molecule has 6 nitrogen and oxygen atoms in total. The standard InChI is InChI=1S/C17H33N5O/c1-18-16(23)11-13-7-9-22(10-8-13)17(19-2)20-12-15(21(3)4)14-5-6-14/h13-15H,5-12H2,1-4H3,(H,18,23)(H,19,20). The van der Waals surface area contributed by atoms with Crippen LogP contribution in [0.15, 0.2) is 4.99 Å². The van der Waals surface area contributed by atoms with Gasteiger partial charge < -0.3 is 20.4 Å². The van der Waals surface area contributed by atoms with Crippen molar-refractivity contribution in [3.05, 3.63) is 0 Å². The fourth-order valence-corrected chi connectivity index (χ4v) is 3.49. The first-order valence-corrected chi connectivity index (χ1v) is 8.87. The summed E-state index contributed by atoms with van der Waals surface area (Å²) in [6.45, 7) is 2.93. The minimum Gasteiger partial charge on any atom is -0.359 e. The van der Waals surface area contributed by atoms with Gasteiger partial charge in [-0.2, -0.15) is 0 Å². The zero-order valence-corrected chi connectivity index (χ0v) is 15.1. The molecule has 2 fully saturated rings. The minimum absolute atomic E-state index is 0.157. The summed E-state index contributed by atoms with van der Waals surface area (Å²) in [5.41, 5.74) is 0. The SMILES string of the molecule is CN=C(NCC(C1CC1)N(C)C)N1CCC(CC(=O)NC)CC1. The van der Waals surface area contributed by atoms with Crippen molar-refractivity contribution in [1.82, 2.24) is 20.4 Å². The maximum atomic E-state index is 11.5. The monoisotopic (exact) mass is 323 g/mol. The van der Waals surface area contributed by atoms with E-state index < -0.39 is 0 Å². The van der Waals surface area contributed by atoms with E-state index in [9.17, 15) is 4.79 Å². The van der Waals surface area contributed by atoms with Gasteiger partial charge in [-0.05, 0) is 51.6 Å². The molecule has 0 aromatic carbocycles. The molecular formula is C17H33N5O. The highest BCUT2D eigenvalue weighted by Crippen LogP contribution is 2.34. The van der Waals surface area contributed by atoms with E-state index in [1.54, 1.807) is 7.05 Å². The lowest BCUT2D eigenvalue weighted by Gasteiger charge is -2.35. The van der Waals surface area contributed by atoms with Crippen LogP contribution in [0, 0.1) is 11.8 Å². The minimum atomic E-state index is 0.157. The molecule has 0 radical (unpaired) electrons.